The van der Waals surface area contributed by atoms with E-state index in [1.807, 2.05) is 0 Å². The summed E-state index contributed by atoms with van der Waals surface area (Å²) in [5, 5.41) is 1.26. The first-order valence-electron chi connectivity index (χ1n) is 6.72. The lowest BCUT2D eigenvalue weighted by atomic mass is 10.0. The molecule has 106 valence electrons. The van der Waals surface area contributed by atoms with Gasteiger partial charge >= 0.3 is 0 Å². The summed E-state index contributed by atoms with van der Waals surface area (Å²) >= 11 is 12.6. The van der Waals surface area contributed by atoms with E-state index in [9.17, 15) is 0 Å². The monoisotopic (exact) mass is 301 g/mol. The molecule has 0 aromatic heterocycles. The molecule has 1 saturated heterocycles. The molecule has 0 saturated carbocycles. The fourth-order valence-electron chi connectivity index (χ4n) is 2.73. The van der Waals surface area contributed by atoms with Crippen LogP contribution in [0, 0.1) is 0 Å². The maximum Gasteiger partial charge on any atom is 0.0746 e. The predicted molar refractivity (Wildman–Crippen MR) is 84.4 cm³/mol. The van der Waals surface area contributed by atoms with Crippen molar-refractivity contribution in [2.75, 3.05) is 37.3 Å². The maximum atomic E-state index is 6.29. The largest absolute Gasteiger partial charge is 0.399 e. The van der Waals surface area contributed by atoms with Crippen LogP contribution < -0.4 is 10.6 Å². The van der Waals surface area contributed by atoms with Gasteiger partial charge in [-0.05, 0) is 31.5 Å². The molecule has 0 radical (unpaired) electrons. The third-order valence-electron chi connectivity index (χ3n) is 3.94. The second-order valence-electron chi connectivity index (χ2n) is 5.11. The summed E-state index contributed by atoms with van der Waals surface area (Å²) in [7, 11) is 2.07. The number of nitrogens with two attached hydrogens (primary N) is 1. The molecule has 2 N–H and O–H groups in total. The molecule has 1 aromatic carbocycles. The topological polar surface area (TPSA) is 32.5 Å². The fraction of sp³-hybridized carbons (Fsp3) is 0.571. The van der Waals surface area contributed by atoms with E-state index >= 15 is 0 Å². The third-order valence-corrected chi connectivity index (χ3v) is 4.52. The number of hydrogen-bond acceptors (Lipinski definition) is 3. The van der Waals surface area contributed by atoms with Gasteiger partial charge in [0.05, 0.1) is 15.7 Å². The van der Waals surface area contributed by atoms with Crippen LogP contribution in [0.3, 0.4) is 0 Å². The van der Waals surface area contributed by atoms with Crippen molar-refractivity contribution in [1.29, 1.82) is 0 Å². The van der Waals surface area contributed by atoms with Crippen molar-refractivity contribution in [1.82, 2.24) is 4.90 Å². The summed E-state index contributed by atoms with van der Waals surface area (Å²) < 4.78 is 0. The number of piperidine rings is 1. The zero-order valence-electron chi connectivity index (χ0n) is 11.5. The third kappa shape index (κ3) is 3.28. The highest BCUT2D eigenvalue weighted by Crippen LogP contribution is 2.37. The van der Waals surface area contributed by atoms with Crippen molar-refractivity contribution in [2.24, 2.45) is 0 Å². The first-order chi connectivity index (χ1) is 9.02. The summed E-state index contributed by atoms with van der Waals surface area (Å²) in [5.41, 5.74) is 7.25. The zero-order valence-corrected chi connectivity index (χ0v) is 13.0. The number of nitrogens with zero attached hydrogens (tertiary/aromatic N) is 2. The SMILES string of the molecule is CCN1CCC(N(C)c2c(Cl)cc(N)cc2Cl)CC1. The van der Waals surface area contributed by atoms with Crippen LogP contribution in [-0.4, -0.2) is 37.6 Å². The number of anilines is 2. The van der Waals surface area contributed by atoms with Crippen molar-refractivity contribution in [2.45, 2.75) is 25.8 Å². The summed E-state index contributed by atoms with van der Waals surface area (Å²) in [4.78, 5) is 4.67. The molecule has 3 nitrogen and oxygen atoms in total. The predicted octanol–water partition coefficient (Wildman–Crippen LogP) is 3.50. The quantitative estimate of drug-likeness (QED) is 0.867. The fourth-order valence-corrected chi connectivity index (χ4v) is 3.50. The van der Waals surface area contributed by atoms with Gasteiger partial charge in [0.25, 0.3) is 0 Å². The molecule has 19 heavy (non-hydrogen) atoms. The summed E-state index contributed by atoms with van der Waals surface area (Å²) in [5.74, 6) is 0. The second kappa shape index (κ2) is 6.21. The van der Waals surface area contributed by atoms with Crippen molar-refractivity contribution in [3.63, 3.8) is 0 Å². The highest BCUT2D eigenvalue weighted by atomic mass is 35.5. The minimum atomic E-state index is 0.487. The Bertz CT molecular complexity index is 419. The Kier molecular flexibility index (Phi) is 4.82. The number of hydrogen-bond donors (Lipinski definition) is 1. The standard InChI is InChI=1S/C14H21Cl2N3/c1-3-19-6-4-11(5-7-19)18(2)14-12(15)8-10(17)9-13(14)16/h8-9,11H,3-7,17H2,1-2H3. The van der Waals surface area contributed by atoms with Gasteiger partial charge in [-0.1, -0.05) is 30.1 Å². The second-order valence-corrected chi connectivity index (χ2v) is 5.92. The Morgan fingerprint density at radius 1 is 1.26 bits per heavy atom. The van der Waals surface area contributed by atoms with Crippen LogP contribution in [0.1, 0.15) is 19.8 Å². The van der Waals surface area contributed by atoms with Crippen LogP contribution in [0.25, 0.3) is 0 Å². The van der Waals surface area contributed by atoms with Gasteiger partial charge in [-0.2, -0.15) is 0 Å². The molecule has 1 aromatic rings. The van der Waals surface area contributed by atoms with Gasteiger partial charge in [0.2, 0.25) is 0 Å². The highest BCUT2D eigenvalue weighted by Gasteiger charge is 2.24. The van der Waals surface area contributed by atoms with Crippen LogP contribution in [-0.2, 0) is 0 Å². The summed E-state index contributed by atoms with van der Waals surface area (Å²) in [6.07, 6.45) is 2.28. The van der Waals surface area contributed by atoms with E-state index in [2.05, 4.69) is 23.8 Å². The molecule has 2 rings (SSSR count). The summed E-state index contributed by atoms with van der Waals surface area (Å²) in [6, 6.07) is 4.02. The Balaban J connectivity index is 2.14. The van der Waals surface area contributed by atoms with E-state index in [-0.39, 0.29) is 0 Å². The average molecular weight is 302 g/mol. The first kappa shape index (κ1) is 14.8. The van der Waals surface area contributed by atoms with Crippen LogP contribution in [0.2, 0.25) is 10.0 Å². The first-order valence-corrected chi connectivity index (χ1v) is 7.48. The van der Waals surface area contributed by atoms with E-state index in [1.165, 1.54) is 0 Å². The molecule has 0 unspecified atom stereocenters. The highest BCUT2D eigenvalue weighted by molar-refractivity contribution is 6.39. The molecular formula is C14H21Cl2N3. The molecule has 1 aliphatic rings. The van der Waals surface area contributed by atoms with Gasteiger partial charge in [-0.25, -0.2) is 0 Å². The lowest BCUT2D eigenvalue weighted by Crippen LogP contribution is -2.43. The number of likely N-dealkylation sites (tertiary alicyclic amines) is 1. The number of benzene rings is 1. The van der Waals surface area contributed by atoms with Crippen molar-refractivity contribution < 1.29 is 0 Å². The normalized spacial score (nSPS) is 17.7. The molecule has 0 amide bonds. The zero-order chi connectivity index (χ0) is 14.0. The van der Waals surface area contributed by atoms with E-state index in [0.717, 1.165) is 38.2 Å². The lowest BCUT2D eigenvalue weighted by Gasteiger charge is -2.38. The van der Waals surface area contributed by atoms with Gasteiger partial charge in [0, 0.05) is 31.9 Å². The van der Waals surface area contributed by atoms with Gasteiger partial charge < -0.3 is 15.5 Å². The van der Waals surface area contributed by atoms with E-state index in [0.29, 0.717) is 21.8 Å². The van der Waals surface area contributed by atoms with Gasteiger partial charge in [-0.15, -0.1) is 0 Å². The summed E-state index contributed by atoms with van der Waals surface area (Å²) in [6.45, 7) is 5.60. The average Bonchev–Trinajstić information content (AvgIpc) is 2.37. The van der Waals surface area contributed by atoms with Crippen LogP contribution in [0.5, 0.6) is 0 Å². The number of rotatable bonds is 3. The molecule has 0 bridgehead atoms. The van der Waals surface area contributed by atoms with Crippen LogP contribution in [0.15, 0.2) is 12.1 Å². The Labute approximate surface area is 125 Å². The van der Waals surface area contributed by atoms with E-state index in [1.54, 1.807) is 12.1 Å². The molecule has 1 fully saturated rings. The smallest absolute Gasteiger partial charge is 0.0746 e. The Morgan fingerprint density at radius 3 is 2.26 bits per heavy atom. The number of nitrogen functional groups attached to an aromatic ring is 1. The Hall–Kier alpha value is -0.640. The molecule has 0 aliphatic carbocycles. The van der Waals surface area contributed by atoms with Crippen molar-refractivity contribution in [3.8, 4) is 0 Å². The number of halogens is 2. The molecule has 0 spiro atoms. The van der Waals surface area contributed by atoms with E-state index < -0.39 is 0 Å². The lowest BCUT2D eigenvalue weighted by molar-refractivity contribution is 0.221. The Morgan fingerprint density at radius 2 is 1.79 bits per heavy atom. The van der Waals surface area contributed by atoms with Crippen molar-refractivity contribution >= 4 is 34.6 Å². The minimum Gasteiger partial charge on any atom is -0.399 e. The minimum absolute atomic E-state index is 0.487. The van der Waals surface area contributed by atoms with Crippen LogP contribution in [0.4, 0.5) is 11.4 Å². The maximum absolute atomic E-state index is 6.29. The molecule has 0 atom stereocenters. The van der Waals surface area contributed by atoms with Crippen LogP contribution >= 0.6 is 23.2 Å². The van der Waals surface area contributed by atoms with Gasteiger partial charge in [0.1, 0.15) is 0 Å². The molecular weight excluding hydrogens is 281 g/mol. The molecule has 5 heteroatoms. The van der Waals surface area contributed by atoms with E-state index in [4.69, 9.17) is 28.9 Å². The van der Waals surface area contributed by atoms with Gasteiger partial charge in [0.15, 0.2) is 0 Å². The molecule has 1 aliphatic heterocycles. The van der Waals surface area contributed by atoms with Crippen molar-refractivity contribution in [3.05, 3.63) is 22.2 Å². The van der Waals surface area contributed by atoms with Gasteiger partial charge in [-0.3, -0.25) is 0 Å². The molecule has 1 heterocycles.